The van der Waals surface area contributed by atoms with Gasteiger partial charge >= 0.3 is 12.0 Å². The van der Waals surface area contributed by atoms with Crippen molar-refractivity contribution in [3.05, 3.63) is 30.1 Å². The van der Waals surface area contributed by atoms with Crippen molar-refractivity contribution in [3.8, 4) is 0 Å². The molecular formula is C14H19FN2O3. The number of carboxylic acid groups (broad SMARTS) is 1. The summed E-state index contributed by atoms with van der Waals surface area (Å²) in [6.45, 7) is 3.63. The van der Waals surface area contributed by atoms with Gasteiger partial charge in [0.1, 0.15) is 5.82 Å². The van der Waals surface area contributed by atoms with Crippen LogP contribution in [0.3, 0.4) is 0 Å². The molecule has 2 amide bonds. The molecule has 1 atom stereocenters. The van der Waals surface area contributed by atoms with E-state index in [0.29, 0.717) is 0 Å². The van der Waals surface area contributed by atoms with Crippen LogP contribution in [0.4, 0.5) is 14.9 Å². The van der Waals surface area contributed by atoms with Crippen LogP contribution in [-0.2, 0) is 4.79 Å². The van der Waals surface area contributed by atoms with Gasteiger partial charge < -0.3 is 10.4 Å². The standard InChI is InChI=1S/C14H19FN2O3/c1-9(2)11(8-13(18)19)16-14(20)17(3)12-7-5-4-6-10(12)15/h4-7,9,11H,8H2,1-3H3,(H,16,20)(H,18,19). The minimum absolute atomic E-state index is 0.0379. The highest BCUT2D eigenvalue weighted by Crippen LogP contribution is 2.17. The largest absolute Gasteiger partial charge is 0.481 e. The Kier molecular flexibility index (Phi) is 5.49. The number of benzene rings is 1. The van der Waals surface area contributed by atoms with E-state index in [1.165, 1.54) is 25.2 Å². The topological polar surface area (TPSA) is 69.6 Å². The van der Waals surface area contributed by atoms with Crippen molar-refractivity contribution in [2.45, 2.75) is 26.3 Å². The molecule has 1 aromatic carbocycles. The predicted octanol–water partition coefficient (Wildman–Crippen LogP) is 2.47. The first-order chi connectivity index (χ1) is 9.32. The summed E-state index contributed by atoms with van der Waals surface area (Å²) in [5.74, 6) is -1.54. The van der Waals surface area contributed by atoms with Crippen LogP contribution in [0.5, 0.6) is 0 Å². The van der Waals surface area contributed by atoms with Crippen molar-refractivity contribution in [2.75, 3.05) is 11.9 Å². The van der Waals surface area contributed by atoms with E-state index >= 15 is 0 Å². The molecule has 0 heterocycles. The number of aliphatic carboxylic acids is 1. The summed E-state index contributed by atoms with van der Waals surface area (Å²) in [7, 11) is 1.44. The lowest BCUT2D eigenvalue weighted by Crippen LogP contribution is -2.46. The minimum Gasteiger partial charge on any atom is -0.481 e. The number of anilines is 1. The molecule has 0 aromatic heterocycles. The molecule has 1 unspecified atom stereocenters. The maximum atomic E-state index is 13.6. The van der Waals surface area contributed by atoms with E-state index in [0.717, 1.165) is 4.90 Å². The molecule has 0 aliphatic heterocycles. The zero-order chi connectivity index (χ0) is 15.3. The number of amides is 2. The molecule has 6 heteroatoms. The molecule has 1 rings (SSSR count). The van der Waals surface area contributed by atoms with Crippen LogP contribution in [0.15, 0.2) is 24.3 Å². The van der Waals surface area contributed by atoms with E-state index < -0.39 is 23.9 Å². The zero-order valence-electron chi connectivity index (χ0n) is 11.8. The van der Waals surface area contributed by atoms with Crippen LogP contribution in [-0.4, -0.2) is 30.2 Å². The van der Waals surface area contributed by atoms with Crippen molar-refractivity contribution < 1.29 is 19.1 Å². The van der Waals surface area contributed by atoms with Gasteiger partial charge in [-0.3, -0.25) is 9.69 Å². The Morgan fingerprint density at radius 2 is 1.95 bits per heavy atom. The molecule has 0 saturated heterocycles. The summed E-state index contributed by atoms with van der Waals surface area (Å²) in [5, 5.41) is 11.4. The summed E-state index contributed by atoms with van der Waals surface area (Å²) in [6, 6.07) is 4.86. The van der Waals surface area contributed by atoms with E-state index in [2.05, 4.69) is 5.32 Å². The summed E-state index contributed by atoms with van der Waals surface area (Å²) in [4.78, 5) is 23.9. The Morgan fingerprint density at radius 3 is 2.45 bits per heavy atom. The van der Waals surface area contributed by atoms with Crippen LogP contribution in [0.25, 0.3) is 0 Å². The second-order valence-corrected chi connectivity index (χ2v) is 4.91. The molecule has 5 nitrogen and oxygen atoms in total. The third-order valence-corrected chi connectivity index (χ3v) is 3.03. The van der Waals surface area contributed by atoms with Crippen LogP contribution >= 0.6 is 0 Å². The van der Waals surface area contributed by atoms with Gasteiger partial charge in [0.05, 0.1) is 12.1 Å². The number of nitrogens with one attached hydrogen (secondary N) is 1. The number of halogens is 1. The Hall–Kier alpha value is -2.11. The minimum atomic E-state index is -0.988. The third-order valence-electron chi connectivity index (χ3n) is 3.03. The van der Waals surface area contributed by atoms with Gasteiger partial charge in [-0.15, -0.1) is 0 Å². The van der Waals surface area contributed by atoms with Crippen molar-refractivity contribution >= 4 is 17.7 Å². The summed E-state index contributed by atoms with van der Waals surface area (Å²) < 4.78 is 13.6. The molecule has 0 saturated carbocycles. The molecular weight excluding hydrogens is 263 g/mol. The fourth-order valence-electron chi connectivity index (χ4n) is 1.73. The number of carbonyl (C=O) groups is 2. The molecule has 0 bridgehead atoms. The lowest BCUT2D eigenvalue weighted by molar-refractivity contribution is -0.137. The summed E-state index contributed by atoms with van der Waals surface area (Å²) >= 11 is 0. The Bertz CT molecular complexity index is 491. The van der Waals surface area contributed by atoms with Crippen molar-refractivity contribution in [3.63, 3.8) is 0 Å². The number of rotatable bonds is 5. The maximum absolute atomic E-state index is 13.6. The van der Waals surface area contributed by atoms with Crippen LogP contribution in [0.1, 0.15) is 20.3 Å². The van der Waals surface area contributed by atoms with Crippen molar-refractivity contribution in [1.82, 2.24) is 5.32 Å². The van der Waals surface area contributed by atoms with Gasteiger partial charge in [0, 0.05) is 13.1 Å². The lowest BCUT2D eigenvalue weighted by Gasteiger charge is -2.25. The van der Waals surface area contributed by atoms with Gasteiger partial charge in [-0.25, -0.2) is 9.18 Å². The van der Waals surface area contributed by atoms with Gasteiger partial charge in [0.15, 0.2) is 0 Å². The Morgan fingerprint density at radius 1 is 1.35 bits per heavy atom. The van der Waals surface area contributed by atoms with Gasteiger partial charge in [-0.1, -0.05) is 26.0 Å². The number of carboxylic acids is 1. The molecule has 2 N–H and O–H groups in total. The van der Waals surface area contributed by atoms with Crippen LogP contribution in [0.2, 0.25) is 0 Å². The molecule has 20 heavy (non-hydrogen) atoms. The maximum Gasteiger partial charge on any atom is 0.321 e. The summed E-state index contributed by atoms with van der Waals surface area (Å²) in [6.07, 6.45) is -0.172. The fraction of sp³-hybridized carbons (Fsp3) is 0.429. The first-order valence-electron chi connectivity index (χ1n) is 6.33. The second-order valence-electron chi connectivity index (χ2n) is 4.91. The van der Waals surface area contributed by atoms with E-state index in [1.807, 2.05) is 13.8 Å². The zero-order valence-corrected chi connectivity index (χ0v) is 11.8. The lowest BCUT2D eigenvalue weighted by atomic mass is 10.0. The van der Waals surface area contributed by atoms with Gasteiger partial charge in [-0.2, -0.15) is 0 Å². The molecule has 110 valence electrons. The Balaban J connectivity index is 2.79. The molecule has 1 aromatic rings. The number of para-hydroxylation sites is 1. The van der Waals surface area contributed by atoms with E-state index in [1.54, 1.807) is 6.07 Å². The Labute approximate surface area is 117 Å². The first-order valence-corrected chi connectivity index (χ1v) is 6.33. The van der Waals surface area contributed by atoms with E-state index in [9.17, 15) is 14.0 Å². The van der Waals surface area contributed by atoms with Crippen molar-refractivity contribution in [1.29, 1.82) is 0 Å². The smallest absolute Gasteiger partial charge is 0.321 e. The second kappa shape index (κ2) is 6.88. The molecule has 0 spiro atoms. The first kappa shape index (κ1) is 15.9. The van der Waals surface area contributed by atoms with Gasteiger partial charge in [-0.05, 0) is 18.1 Å². The monoisotopic (exact) mass is 282 g/mol. The number of nitrogens with zero attached hydrogens (tertiary/aromatic N) is 1. The van der Waals surface area contributed by atoms with Crippen molar-refractivity contribution in [2.24, 2.45) is 5.92 Å². The molecule has 0 aliphatic carbocycles. The fourth-order valence-corrected chi connectivity index (χ4v) is 1.73. The normalized spacial score (nSPS) is 12.1. The van der Waals surface area contributed by atoms with E-state index in [4.69, 9.17) is 5.11 Å². The number of carbonyl (C=O) groups excluding carboxylic acids is 1. The van der Waals surface area contributed by atoms with E-state index in [-0.39, 0.29) is 18.0 Å². The highest BCUT2D eigenvalue weighted by Gasteiger charge is 2.22. The van der Waals surface area contributed by atoms with Gasteiger partial charge in [0.2, 0.25) is 0 Å². The SMILES string of the molecule is CC(C)C(CC(=O)O)NC(=O)N(C)c1ccccc1F. The van der Waals surface area contributed by atoms with Crippen LogP contribution in [0, 0.1) is 11.7 Å². The predicted molar refractivity (Wildman–Crippen MR) is 74.2 cm³/mol. The molecule has 0 aliphatic rings. The molecule has 0 fully saturated rings. The highest BCUT2D eigenvalue weighted by molar-refractivity contribution is 5.91. The quantitative estimate of drug-likeness (QED) is 0.871. The average molecular weight is 282 g/mol. The number of urea groups is 1. The highest BCUT2D eigenvalue weighted by atomic mass is 19.1. The third kappa shape index (κ3) is 4.22. The molecule has 0 radical (unpaired) electrons. The van der Waals surface area contributed by atoms with Gasteiger partial charge in [0.25, 0.3) is 0 Å². The van der Waals surface area contributed by atoms with Crippen LogP contribution < -0.4 is 10.2 Å². The summed E-state index contributed by atoms with van der Waals surface area (Å²) in [5.41, 5.74) is 0.142. The number of hydrogen-bond acceptors (Lipinski definition) is 2. The average Bonchev–Trinajstić information content (AvgIpc) is 2.37. The number of hydrogen-bond donors (Lipinski definition) is 2.